The number of aromatic nitrogens is 3. The van der Waals surface area contributed by atoms with Crippen molar-refractivity contribution in [3.8, 4) is 0 Å². The highest BCUT2D eigenvalue weighted by atomic mass is 16.6. The number of nitro benzene ring substituents is 1. The molecule has 0 amide bonds. The molecule has 1 N–H and O–H groups in total. The smallest absolute Gasteiger partial charge is 0.269 e. The van der Waals surface area contributed by atoms with E-state index in [-0.39, 0.29) is 16.0 Å². The van der Waals surface area contributed by atoms with Gasteiger partial charge >= 0.3 is 0 Å². The van der Waals surface area contributed by atoms with Crippen molar-refractivity contribution in [3.63, 3.8) is 0 Å². The van der Waals surface area contributed by atoms with E-state index in [9.17, 15) is 15.2 Å². The summed E-state index contributed by atoms with van der Waals surface area (Å²) in [6.07, 6.45) is 3.12. The minimum Gasteiger partial charge on any atom is -0.386 e. The fourth-order valence-corrected chi connectivity index (χ4v) is 3.56. The first kappa shape index (κ1) is 21.4. The van der Waals surface area contributed by atoms with E-state index >= 15 is 0 Å². The van der Waals surface area contributed by atoms with E-state index in [4.69, 9.17) is 0 Å². The molecule has 0 spiro atoms. The largest absolute Gasteiger partial charge is 0.386 e. The Bertz CT molecular complexity index is 795. The molecule has 1 aliphatic rings. The van der Waals surface area contributed by atoms with Crippen LogP contribution in [0.4, 0.5) is 5.69 Å². The van der Waals surface area contributed by atoms with E-state index in [1.54, 1.807) is 23.1 Å². The third kappa shape index (κ3) is 5.37. The molecule has 29 heavy (non-hydrogen) atoms. The van der Waals surface area contributed by atoms with Crippen LogP contribution in [0.25, 0.3) is 0 Å². The van der Waals surface area contributed by atoms with Gasteiger partial charge in [0.25, 0.3) is 5.69 Å². The number of hydrogen-bond donors (Lipinski definition) is 1. The van der Waals surface area contributed by atoms with Gasteiger partial charge in [-0.3, -0.25) is 24.6 Å². The van der Waals surface area contributed by atoms with E-state index in [2.05, 4.69) is 40.7 Å². The van der Waals surface area contributed by atoms with Crippen LogP contribution in [0.15, 0.2) is 36.9 Å². The van der Waals surface area contributed by atoms with Crippen molar-refractivity contribution >= 4 is 5.69 Å². The standard InChI is InChI=1S/C20H30N6O3/c1-19(2,3)20(27,14-25-16-21-15-22-25)13-24-10-8-23(9-11-24)12-17-4-6-18(7-5-17)26(28)29/h4-7,15-16,27H,8-14H2,1-3H3. The molecule has 0 bridgehead atoms. The predicted octanol–water partition coefficient (Wildman–Crippen LogP) is 1.78. The molecule has 0 saturated carbocycles. The van der Waals surface area contributed by atoms with E-state index in [1.807, 2.05) is 12.1 Å². The summed E-state index contributed by atoms with van der Waals surface area (Å²) in [5, 5.41) is 26.4. The zero-order valence-corrected chi connectivity index (χ0v) is 17.4. The molecule has 1 fully saturated rings. The molecule has 1 unspecified atom stereocenters. The number of non-ortho nitro benzene ring substituents is 1. The summed E-state index contributed by atoms with van der Waals surface area (Å²) in [6.45, 7) is 11.4. The van der Waals surface area contributed by atoms with E-state index < -0.39 is 5.60 Å². The van der Waals surface area contributed by atoms with Crippen molar-refractivity contribution < 1.29 is 10.0 Å². The van der Waals surface area contributed by atoms with Gasteiger partial charge in [0.2, 0.25) is 0 Å². The van der Waals surface area contributed by atoms with Gasteiger partial charge in [0.1, 0.15) is 18.3 Å². The Kier molecular flexibility index (Phi) is 6.30. The highest BCUT2D eigenvalue weighted by molar-refractivity contribution is 5.32. The molecule has 1 aliphatic heterocycles. The lowest BCUT2D eigenvalue weighted by Gasteiger charge is -2.45. The van der Waals surface area contributed by atoms with Crippen LogP contribution >= 0.6 is 0 Å². The van der Waals surface area contributed by atoms with Gasteiger partial charge in [-0.25, -0.2) is 4.98 Å². The second kappa shape index (κ2) is 8.56. The first-order valence-electron chi connectivity index (χ1n) is 9.89. The van der Waals surface area contributed by atoms with Crippen LogP contribution in [0, 0.1) is 15.5 Å². The van der Waals surface area contributed by atoms with Crippen LogP contribution < -0.4 is 0 Å². The molecule has 1 aromatic carbocycles. The SMILES string of the molecule is CC(C)(C)C(O)(CN1CCN(Cc2ccc([N+](=O)[O-])cc2)CC1)Cn1cncn1. The van der Waals surface area contributed by atoms with Gasteiger partial charge in [0.15, 0.2) is 0 Å². The van der Waals surface area contributed by atoms with E-state index in [0.717, 1.165) is 38.3 Å². The summed E-state index contributed by atoms with van der Waals surface area (Å²) >= 11 is 0. The van der Waals surface area contributed by atoms with Gasteiger partial charge in [0, 0.05) is 51.4 Å². The fraction of sp³-hybridized carbons (Fsp3) is 0.600. The minimum absolute atomic E-state index is 0.118. The number of aliphatic hydroxyl groups is 1. The number of benzene rings is 1. The van der Waals surface area contributed by atoms with Crippen molar-refractivity contribution in [2.75, 3.05) is 32.7 Å². The zero-order valence-electron chi connectivity index (χ0n) is 17.4. The Morgan fingerprint density at radius 2 is 1.69 bits per heavy atom. The third-order valence-electron chi connectivity index (χ3n) is 5.79. The second-order valence-electron chi connectivity index (χ2n) is 8.85. The summed E-state index contributed by atoms with van der Waals surface area (Å²) in [5.74, 6) is 0. The molecule has 2 aromatic rings. The molecule has 1 aromatic heterocycles. The van der Waals surface area contributed by atoms with Crippen molar-refractivity contribution in [1.29, 1.82) is 0 Å². The summed E-state index contributed by atoms with van der Waals surface area (Å²) in [6, 6.07) is 6.75. The normalized spacial score (nSPS) is 18.5. The molecule has 2 heterocycles. The van der Waals surface area contributed by atoms with Crippen LogP contribution in [0.2, 0.25) is 0 Å². The maximum Gasteiger partial charge on any atom is 0.269 e. The molecular formula is C20H30N6O3. The lowest BCUT2D eigenvalue weighted by molar-refractivity contribution is -0.384. The van der Waals surface area contributed by atoms with Gasteiger partial charge in [-0.2, -0.15) is 5.10 Å². The monoisotopic (exact) mass is 402 g/mol. The van der Waals surface area contributed by atoms with Crippen molar-refractivity contribution in [2.45, 2.75) is 39.5 Å². The Labute approximate surface area is 171 Å². The third-order valence-corrected chi connectivity index (χ3v) is 5.79. The molecule has 9 heteroatoms. The van der Waals surface area contributed by atoms with Crippen LogP contribution in [-0.2, 0) is 13.1 Å². The number of nitrogens with zero attached hydrogens (tertiary/aromatic N) is 6. The number of rotatable bonds is 7. The summed E-state index contributed by atoms with van der Waals surface area (Å²) < 4.78 is 1.69. The molecule has 9 nitrogen and oxygen atoms in total. The molecular weight excluding hydrogens is 372 g/mol. The van der Waals surface area contributed by atoms with Gasteiger partial charge in [0.05, 0.1) is 11.5 Å². The van der Waals surface area contributed by atoms with Crippen molar-refractivity contribution in [2.24, 2.45) is 5.41 Å². The van der Waals surface area contributed by atoms with Gasteiger partial charge in [-0.15, -0.1) is 0 Å². The molecule has 1 saturated heterocycles. The number of β-amino-alcohol motifs (C(OH)–C–C–N with tert-alkyl or cyclic N) is 1. The van der Waals surface area contributed by atoms with Crippen LogP contribution in [0.5, 0.6) is 0 Å². The maximum atomic E-state index is 11.4. The van der Waals surface area contributed by atoms with Crippen molar-refractivity contribution in [3.05, 3.63) is 52.6 Å². The lowest BCUT2D eigenvalue weighted by Crippen LogP contribution is -2.58. The van der Waals surface area contributed by atoms with Crippen LogP contribution in [0.1, 0.15) is 26.3 Å². The highest BCUT2D eigenvalue weighted by Gasteiger charge is 2.42. The quantitative estimate of drug-likeness (QED) is 0.556. The van der Waals surface area contributed by atoms with Crippen molar-refractivity contribution in [1.82, 2.24) is 24.6 Å². The van der Waals surface area contributed by atoms with Gasteiger partial charge in [-0.05, 0) is 11.0 Å². The minimum atomic E-state index is -0.929. The first-order chi connectivity index (χ1) is 13.7. The highest BCUT2D eigenvalue weighted by Crippen LogP contribution is 2.33. The Hall–Kier alpha value is -2.36. The van der Waals surface area contributed by atoms with Crippen LogP contribution in [0.3, 0.4) is 0 Å². The Balaban J connectivity index is 1.55. The molecule has 0 radical (unpaired) electrons. The number of piperazine rings is 1. The van der Waals surface area contributed by atoms with Gasteiger partial charge < -0.3 is 5.11 Å². The van der Waals surface area contributed by atoms with E-state index in [0.29, 0.717) is 13.1 Å². The lowest BCUT2D eigenvalue weighted by atomic mass is 9.76. The Morgan fingerprint density at radius 1 is 1.07 bits per heavy atom. The summed E-state index contributed by atoms with van der Waals surface area (Å²) in [7, 11) is 0. The maximum absolute atomic E-state index is 11.4. The second-order valence-corrected chi connectivity index (χ2v) is 8.85. The molecule has 3 rings (SSSR count). The summed E-state index contributed by atoms with van der Waals surface area (Å²) in [4.78, 5) is 19.0. The van der Waals surface area contributed by atoms with Crippen LogP contribution in [-0.4, -0.2) is 72.9 Å². The van der Waals surface area contributed by atoms with E-state index in [1.165, 1.54) is 6.33 Å². The first-order valence-corrected chi connectivity index (χ1v) is 9.89. The zero-order chi connectivity index (χ0) is 21.1. The molecule has 0 aliphatic carbocycles. The Morgan fingerprint density at radius 3 is 2.21 bits per heavy atom. The summed E-state index contributed by atoms with van der Waals surface area (Å²) in [5.41, 5.74) is -0.0513. The molecule has 158 valence electrons. The fourth-order valence-electron chi connectivity index (χ4n) is 3.56. The average molecular weight is 402 g/mol. The number of hydrogen-bond acceptors (Lipinski definition) is 7. The predicted molar refractivity (Wildman–Crippen MR) is 109 cm³/mol. The average Bonchev–Trinajstić information content (AvgIpc) is 3.15. The number of nitro groups is 1. The molecule has 1 atom stereocenters. The topological polar surface area (TPSA) is 101 Å². The van der Waals surface area contributed by atoms with Gasteiger partial charge in [-0.1, -0.05) is 32.9 Å².